The highest BCUT2D eigenvalue weighted by Gasteiger charge is 2.37. The molecule has 0 atom stereocenters. The van der Waals surface area contributed by atoms with Crippen LogP contribution in [0, 0.1) is 6.92 Å². The predicted octanol–water partition coefficient (Wildman–Crippen LogP) is 1.87. The van der Waals surface area contributed by atoms with Gasteiger partial charge in [-0.1, -0.05) is 0 Å². The second-order valence-corrected chi connectivity index (χ2v) is 3.20. The number of alkyl halides is 3. The van der Waals surface area contributed by atoms with Gasteiger partial charge in [0, 0.05) is 11.8 Å². The van der Waals surface area contributed by atoms with Crippen molar-refractivity contribution in [3.05, 3.63) is 29.2 Å². The van der Waals surface area contributed by atoms with Crippen LogP contribution in [0.3, 0.4) is 0 Å². The van der Waals surface area contributed by atoms with Gasteiger partial charge in [0.2, 0.25) is 0 Å². The van der Waals surface area contributed by atoms with Crippen molar-refractivity contribution in [2.75, 3.05) is 0 Å². The van der Waals surface area contributed by atoms with E-state index in [0.29, 0.717) is 5.82 Å². The van der Waals surface area contributed by atoms with E-state index in [-0.39, 0.29) is 11.9 Å². The Kier molecular flexibility index (Phi) is 2.18. The van der Waals surface area contributed by atoms with Crippen LogP contribution in [-0.4, -0.2) is 20.9 Å². The molecule has 16 heavy (non-hydrogen) atoms. The number of carbonyl (C=O) groups is 1. The van der Waals surface area contributed by atoms with Crippen LogP contribution in [0.15, 0.2) is 12.3 Å². The average Bonchev–Trinajstić information content (AvgIpc) is 2.57. The molecule has 4 nitrogen and oxygen atoms in total. The van der Waals surface area contributed by atoms with Gasteiger partial charge in [-0.3, -0.25) is 9.20 Å². The molecule has 0 aromatic carbocycles. The van der Waals surface area contributed by atoms with Crippen molar-refractivity contribution in [3.63, 3.8) is 0 Å². The number of halogens is 3. The van der Waals surface area contributed by atoms with Crippen LogP contribution >= 0.6 is 0 Å². The normalized spacial score (nSPS) is 12.0. The van der Waals surface area contributed by atoms with Crippen LogP contribution in [0.25, 0.3) is 5.65 Å². The number of aryl methyl sites for hydroxylation is 1. The zero-order valence-electron chi connectivity index (χ0n) is 8.12. The molecule has 0 radical (unpaired) electrons. The lowest BCUT2D eigenvalue weighted by Crippen LogP contribution is -2.12. The van der Waals surface area contributed by atoms with Crippen LogP contribution in [0.1, 0.15) is 21.7 Å². The first-order chi connectivity index (χ1) is 7.45. The SMILES string of the molecule is Cc1nnc2c(C(F)(F)F)c(C=O)ccn12. The van der Waals surface area contributed by atoms with Gasteiger partial charge in [-0.2, -0.15) is 13.2 Å². The second kappa shape index (κ2) is 3.29. The summed E-state index contributed by atoms with van der Waals surface area (Å²) in [5.41, 5.74) is -1.84. The number of nitrogens with zero attached hydrogens (tertiary/aromatic N) is 3. The number of pyridine rings is 1. The van der Waals surface area contributed by atoms with Gasteiger partial charge in [0.05, 0.1) is 0 Å². The standard InChI is InChI=1S/C9H6F3N3O/c1-5-13-14-8-7(9(10,11)12)6(4-16)2-3-15(5)8/h2-4H,1H3. The van der Waals surface area contributed by atoms with Crippen molar-refractivity contribution in [2.24, 2.45) is 0 Å². The van der Waals surface area contributed by atoms with Crippen LogP contribution in [-0.2, 0) is 6.18 Å². The number of hydrogen-bond donors (Lipinski definition) is 0. The summed E-state index contributed by atoms with van der Waals surface area (Å²) in [7, 11) is 0. The third kappa shape index (κ3) is 1.44. The molecule has 0 saturated carbocycles. The van der Waals surface area contributed by atoms with E-state index in [1.165, 1.54) is 17.5 Å². The van der Waals surface area contributed by atoms with Crippen LogP contribution in [0.5, 0.6) is 0 Å². The number of aromatic nitrogens is 3. The van der Waals surface area contributed by atoms with E-state index >= 15 is 0 Å². The van der Waals surface area contributed by atoms with Gasteiger partial charge in [0.25, 0.3) is 0 Å². The first-order valence-corrected chi connectivity index (χ1v) is 4.32. The molecule has 0 unspecified atom stereocenters. The average molecular weight is 229 g/mol. The van der Waals surface area contributed by atoms with Gasteiger partial charge in [-0.25, -0.2) is 0 Å². The molecule has 0 bridgehead atoms. The van der Waals surface area contributed by atoms with E-state index in [0.717, 1.165) is 6.07 Å². The van der Waals surface area contributed by atoms with Crippen molar-refractivity contribution in [1.82, 2.24) is 14.6 Å². The van der Waals surface area contributed by atoms with Crippen molar-refractivity contribution in [3.8, 4) is 0 Å². The first-order valence-electron chi connectivity index (χ1n) is 4.32. The Morgan fingerprint density at radius 3 is 2.62 bits per heavy atom. The van der Waals surface area contributed by atoms with Crippen LogP contribution < -0.4 is 0 Å². The number of hydrogen-bond acceptors (Lipinski definition) is 3. The first kappa shape index (κ1) is 10.6. The maximum absolute atomic E-state index is 12.7. The summed E-state index contributed by atoms with van der Waals surface area (Å²) < 4.78 is 39.4. The molecule has 0 aliphatic carbocycles. The van der Waals surface area contributed by atoms with Gasteiger partial charge in [-0.05, 0) is 13.0 Å². The second-order valence-electron chi connectivity index (χ2n) is 3.20. The third-order valence-corrected chi connectivity index (χ3v) is 2.19. The number of aldehydes is 1. The predicted molar refractivity (Wildman–Crippen MR) is 48.1 cm³/mol. The van der Waals surface area contributed by atoms with Gasteiger partial charge in [0.1, 0.15) is 11.4 Å². The number of rotatable bonds is 1. The maximum atomic E-state index is 12.7. The Morgan fingerprint density at radius 1 is 1.38 bits per heavy atom. The topological polar surface area (TPSA) is 47.3 Å². The van der Waals surface area contributed by atoms with E-state index in [1.807, 2.05) is 0 Å². The minimum absolute atomic E-state index is 0.160. The fourth-order valence-corrected chi connectivity index (χ4v) is 1.47. The zero-order chi connectivity index (χ0) is 11.9. The number of fused-ring (bicyclic) bond motifs is 1. The van der Waals surface area contributed by atoms with E-state index in [4.69, 9.17) is 0 Å². The summed E-state index contributed by atoms with van der Waals surface area (Å²) >= 11 is 0. The molecule has 0 N–H and O–H groups in total. The van der Waals surface area contributed by atoms with Gasteiger partial charge < -0.3 is 0 Å². The molecule has 0 aliphatic heterocycles. The van der Waals surface area contributed by atoms with E-state index in [1.54, 1.807) is 0 Å². The maximum Gasteiger partial charge on any atom is 0.420 e. The quantitative estimate of drug-likeness (QED) is 0.701. The highest BCUT2D eigenvalue weighted by molar-refractivity contribution is 5.81. The lowest BCUT2D eigenvalue weighted by Gasteiger charge is -2.09. The molecule has 84 valence electrons. The zero-order valence-corrected chi connectivity index (χ0v) is 8.12. The van der Waals surface area contributed by atoms with Crippen molar-refractivity contribution in [2.45, 2.75) is 13.1 Å². The Morgan fingerprint density at radius 2 is 2.06 bits per heavy atom. The smallest absolute Gasteiger partial charge is 0.298 e. The Hall–Kier alpha value is -1.92. The van der Waals surface area contributed by atoms with E-state index < -0.39 is 17.3 Å². The molecule has 2 rings (SSSR count). The molecule has 2 heterocycles. The molecule has 0 spiro atoms. The molecular formula is C9H6F3N3O. The summed E-state index contributed by atoms with van der Waals surface area (Å²) in [4.78, 5) is 10.6. The fraction of sp³-hybridized carbons (Fsp3) is 0.222. The minimum atomic E-state index is -4.63. The summed E-state index contributed by atoms with van der Waals surface area (Å²) in [6, 6.07) is 1.10. The van der Waals surface area contributed by atoms with Gasteiger partial charge in [-0.15, -0.1) is 10.2 Å². The number of carbonyl (C=O) groups excluding carboxylic acids is 1. The summed E-state index contributed by atoms with van der Waals surface area (Å²) in [5, 5.41) is 6.97. The molecule has 0 aliphatic rings. The molecule has 2 aromatic rings. The molecule has 0 fully saturated rings. The van der Waals surface area contributed by atoms with Crippen molar-refractivity contribution >= 4 is 11.9 Å². The highest BCUT2D eigenvalue weighted by Crippen LogP contribution is 2.34. The van der Waals surface area contributed by atoms with Crippen molar-refractivity contribution < 1.29 is 18.0 Å². The molecule has 2 aromatic heterocycles. The Labute approximate surface area is 87.7 Å². The van der Waals surface area contributed by atoms with E-state index in [2.05, 4.69) is 10.2 Å². The Bertz CT molecular complexity index is 559. The highest BCUT2D eigenvalue weighted by atomic mass is 19.4. The monoisotopic (exact) mass is 229 g/mol. The lowest BCUT2D eigenvalue weighted by molar-refractivity contribution is -0.136. The fourth-order valence-electron chi connectivity index (χ4n) is 1.47. The van der Waals surface area contributed by atoms with Crippen LogP contribution in [0.2, 0.25) is 0 Å². The van der Waals surface area contributed by atoms with Crippen molar-refractivity contribution in [1.29, 1.82) is 0 Å². The minimum Gasteiger partial charge on any atom is -0.298 e. The molecular weight excluding hydrogens is 223 g/mol. The molecule has 7 heteroatoms. The van der Waals surface area contributed by atoms with Crippen LogP contribution in [0.4, 0.5) is 13.2 Å². The largest absolute Gasteiger partial charge is 0.420 e. The lowest BCUT2D eigenvalue weighted by atomic mass is 10.1. The summed E-state index contributed by atoms with van der Waals surface area (Å²) in [6.45, 7) is 1.53. The molecule has 0 amide bonds. The van der Waals surface area contributed by atoms with E-state index in [9.17, 15) is 18.0 Å². The summed E-state index contributed by atoms with van der Waals surface area (Å²) in [5.74, 6) is 0.331. The van der Waals surface area contributed by atoms with Gasteiger partial charge >= 0.3 is 6.18 Å². The third-order valence-electron chi connectivity index (χ3n) is 2.19. The summed E-state index contributed by atoms with van der Waals surface area (Å²) in [6.07, 6.45) is -3.13. The van der Waals surface area contributed by atoms with Gasteiger partial charge in [0.15, 0.2) is 11.9 Å². The Balaban J connectivity index is 2.89. The molecule has 0 saturated heterocycles.